The minimum Gasteiger partial charge on any atom is -0.454 e. The van der Waals surface area contributed by atoms with Crippen molar-refractivity contribution in [3.8, 4) is 11.5 Å². The minimum absolute atomic E-state index is 0.168. The molecule has 3 aliphatic rings. The van der Waals surface area contributed by atoms with Gasteiger partial charge in [-0.05, 0) is 18.9 Å². The van der Waals surface area contributed by atoms with Gasteiger partial charge in [-0.3, -0.25) is 9.69 Å². The van der Waals surface area contributed by atoms with Crippen molar-refractivity contribution in [1.82, 2.24) is 9.80 Å². The van der Waals surface area contributed by atoms with Gasteiger partial charge < -0.3 is 19.1 Å². The summed E-state index contributed by atoms with van der Waals surface area (Å²) in [5.74, 6) is 2.06. The third-order valence-corrected chi connectivity index (χ3v) is 6.15. The molecule has 28 heavy (non-hydrogen) atoms. The number of morpholine rings is 1. The van der Waals surface area contributed by atoms with Crippen LogP contribution in [-0.2, 0) is 16.1 Å². The molecule has 2 heterocycles. The first kappa shape index (κ1) is 19.5. The van der Waals surface area contributed by atoms with Gasteiger partial charge in [0.1, 0.15) is 0 Å². The second-order valence-electron chi connectivity index (χ2n) is 8.05. The Morgan fingerprint density at radius 2 is 1.86 bits per heavy atom. The number of carbonyl (C=O) groups excluding carboxylic acids is 1. The molecule has 1 aliphatic carbocycles. The molecule has 154 valence electrons. The fraction of sp³-hybridized carbons (Fsp3) is 0.682. The van der Waals surface area contributed by atoms with E-state index in [0.29, 0.717) is 12.5 Å². The predicted molar refractivity (Wildman–Crippen MR) is 106 cm³/mol. The molecule has 0 spiro atoms. The molecule has 2 aliphatic heterocycles. The van der Waals surface area contributed by atoms with E-state index in [4.69, 9.17) is 14.2 Å². The van der Waals surface area contributed by atoms with Crippen LogP contribution in [0.2, 0.25) is 0 Å². The van der Waals surface area contributed by atoms with Crippen LogP contribution in [0.25, 0.3) is 0 Å². The van der Waals surface area contributed by atoms with E-state index in [1.54, 1.807) is 0 Å². The second kappa shape index (κ2) is 9.61. The molecule has 0 unspecified atom stereocenters. The van der Waals surface area contributed by atoms with Gasteiger partial charge >= 0.3 is 0 Å². The first-order chi connectivity index (χ1) is 13.8. The number of ether oxygens (including phenoxy) is 3. The van der Waals surface area contributed by atoms with E-state index in [-0.39, 0.29) is 12.7 Å². The number of fused-ring (bicyclic) bond motifs is 1. The molecule has 0 atom stereocenters. The molecule has 4 rings (SSSR count). The zero-order chi connectivity index (χ0) is 19.2. The number of amides is 1. The number of nitrogens with zero attached hydrogens (tertiary/aromatic N) is 2. The Balaban J connectivity index is 1.47. The van der Waals surface area contributed by atoms with Gasteiger partial charge in [0, 0.05) is 44.2 Å². The van der Waals surface area contributed by atoms with E-state index in [9.17, 15) is 4.79 Å². The van der Waals surface area contributed by atoms with E-state index in [1.165, 1.54) is 25.7 Å². The molecular weight excluding hydrogens is 356 g/mol. The van der Waals surface area contributed by atoms with Crippen LogP contribution in [-0.4, -0.2) is 61.9 Å². The van der Waals surface area contributed by atoms with Crippen LogP contribution < -0.4 is 9.47 Å². The third kappa shape index (κ3) is 4.78. The lowest BCUT2D eigenvalue weighted by Crippen LogP contribution is -2.44. The maximum absolute atomic E-state index is 13.4. The first-order valence-corrected chi connectivity index (χ1v) is 10.8. The highest BCUT2D eigenvalue weighted by Gasteiger charge is 2.27. The SMILES string of the molecule is O=C(C1CCCCCC1)N(CCN1CCOCC1)Cc1cccc2c1OCO2. The number of carbonyl (C=O) groups is 1. The third-order valence-electron chi connectivity index (χ3n) is 6.15. The Morgan fingerprint density at radius 1 is 1.07 bits per heavy atom. The summed E-state index contributed by atoms with van der Waals surface area (Å²) in [5, 5.41) is 0. The van der Waals surface area contributed by atoms with E-state index < -0.39 is 0 Å². The molecule has 1 aromatic rings. The molecule has 0 N–H and O–H groups in total. The Bertz CT molecular complexity index is 652. The number of hydrogen-bond donors (Lipinski definition) is 0. The standard InChI is InChI=1S/C22H32N2O4/c25-22(18-6-3-1-2-4-7-18)24(11-10-23-12-14-26-15-13-23)16-19-8-5-9-20-21(19)28-17-27-20/h5,8-9,18H,1-4,6-7,10-17H2. The predicted octanol–water partition coefficient (Wildman–Crippen LogP) is 3.05. The van der Waals surface area contributed by atoms with Crippen molar-refractivity contribution in [3.63, 3.8) is 0 Å². The smallest absolute Gasteiger partial charge is 0.231 e. The zero-order valence-corrected chi connectivity index (χ0v) is 16.7. The number of rotatable bonds is 6. The van der Waals surface area contributed by atoms with Crippen LogP contribution in [0.4, 0.5) is 0 Å². The van der Waals surface area contributed by atoms with Crippen LogP contribution in [0.15, 0.2) is 18.2 Å². The lowest BCUT2D eigenvalue weighted by molar-refractivity contribution is -0.137. The van der Waals surface area contributed by atoms with Crippen LogP contribution in [0.1, 0.15) is 44.1 Å². The molecule has 2 fully saturated rings. The van der Waals surface area contributed by atoms with Crippen LogP contribution >= 0.6 is 0 Å². The van der Waals surface area contributed by atoms with Crippen LogP contribution in [0.3, 0.4) is 0 Å². The van der Waals surface area contributed by atoms with Gasteiger partial charge in [-0.15, -0.1) is 0 Å². The highest BCUT2D eigenvalue weighted by atomic mass is 16.7. The largest absolute Gasteiger partial charge is 0.454 e. The summed E-state index contributed by atoms with van der Waals surface area (Å²) >= 11 is 0. The Hall–Kier alpha value is -1.79. The summed E-state index contributed by atoms with van der Waals surface area (Å²) in [7, 11) is 0. The van der Waals surface area contributed by atoms with Crippen molar-refractivity contribution in [2.24, 2.45) is 5.92 Å². The van der Waals surface area contributed by atoms with Crippen molar-refractivity contribution >= 4 is 5.91 Å². The second-order valence-corrected chi connectivity index (χ2v) is 8.05. The molecule has 1 saturated heterocycles. The van der Waals surface area contributed by atoms with Crippen molar-refractivity contribution in [3.05, 3.63) is 23.8 Å². The molecule has 1 amide bonds. The van der Waals surface area contributed by atoms with E-state index in [2.05, 4.69) is 15.9 Å². The molecular formula is C22H32N2O4. The maximum atomic E-state index is 13.4. The molecule has 1 aromatic carbocycles. The summed E-state index contributed by atoms with van der Waals surface area (Å²) < 4.78 is 16.7. The summed E-state index contributed by atoms with van der Waals surface area (Å²) in [6, 6.07) is 5.96. The quantitative estimate of drug-likeness (QED) is 0.701. The lowest BCUT2D eigenvalue weighted by atomic mass is 9.98. The van der Waals surface area contributed by atoms with Gasteiger partial charge in [0.25, 0.3) is 0 Å². The van der Waals surface area contributed by atoms with Gasteiger partial charge in [0.15, 0.2) is 11.5 Å². The van der Waals surface area contributed by atoms with Gasteiger partial charge in [0.05, 0.1) is 13.2 Å². The monoisotopic (exact) mass is 388 g/mol. The number of para-hydroxylation sites is 1. The van der Waals surface area contributed by atoms with Gasteiger partial charge in [-0.1, -0.05) is 37.8 Å². The molecule has 6 nitrogen and oxygen atoms in total. The number of hydrogen-bond acceptors (Lipinski definition) is 5. The van der Waals surface area contributed by atoms with E-state index in [0.717, 1.165) is 69.3 Å². The molecule has 0 bridgehead atoms. The first-order valence-electron chi connectivity index (χ1n) is 10.8. The van der Waals surface area contributed by atoms with Crippen molar-refractivity contribution in [2.75, 3.05) is 46.2 Å². The lowest BCUT2D eigenvalue weighted by Gasteiger charge is -2.32. The highest BCUT2D eigenvalue weighted by molar-refractivity contribution is 5.79. The van der Waals surface area contributed by atoms with Crippen LogP contribution in [0.5, 0.6) is 11.5 Å². The topological polar surface area (TPSA) is 51.2 Å². The Labute approximate surface area is 167 Å². The van der Waals surface area contributed by atoms with Gasteiger partial charge in [0.2, 0.25) is 12.7 Å². The average Bonchev–Trinajstić information content (AvgIpc) is 3.06. The molecule has 6 heteroatoms. The van der Waals surface area contributed by atoms with Crippen molar-refractivity contribution < 1.29 is 19.0 Å². The van der Waals surface area contributed by atoms with Crippen LogP contribution in [0, 0.1) is 5.92 Å². The van der Waals surface area contributed by atoms with E-state index in [1.807, 2.05) is 12.1 Å². The fourth-order valence-electron chi connectivity index (χ4n) is 4.46. The maximum Gasteiger partial charge on any atom is 0.231 e. The minimum atomic E-state index is 0.168. The Morgan fingerprint density at radius 3 is 2.64 bits per heavy atom. The normalized spacial score (nSPS) is 20.7. The number of benzene rings is 1. The summed E-state index contributed by atoms with van der Waals surface area (Å²) in [4.78, 5) is 17.9. The average molecular weight is 389 g/mol. The van der Waals surface area contributed by atoms with Gasteiger partial charge in [-0.2, -0.15) is 0 Å². The molecule has 0 radical (unpaired) electrons. The fourth-order valence-corrected chi connectivity index (χ4v) is 4.46. The zero-order valence-electron chi connectivity index (χ0n) is 16.7. The summed E-state index contributed by atoms with van der Waals surface area (Å²) in [5.41, 5.74) is 1.04. The Kier molecular flexibility index (Phi) is 6.70. The van der Waals surface area contributed by atoms with E-state index >= 15 is 0 Å². The molecule has 1 saturated carbocycles. The summed E-state index contributed by atoms with van der Waals surface area (Å²) in [6.45, 7) is 5.96. The summed E-state index contributed by atoms with van der Waals surface area (Å²) in [6.07, 6.45) is 6.92. The van der Waals surface area contributed by atoms with Crippen molar-refractivity contribution in [1.29, 1.82) is 0 Å². The highest BCUT2D eigenvalue weighted by Crippen LogP contribution is 2.36. The molecule has 0 aromatic heterocycles. The van der Waals surface area contributed by atoms with Gasteiger partial charge in [-0.25, -0.2) is 0 Å². The van der Waals surface area contributed by atoms with Crippen molar-refractivity contribution in [2.45, 2.75) is 45.1 Å².